The Morgan fingerprint density at radius 2 is 1.88 bits per heavy atom. The first-order valence-corrected chi connectivity index (χ1v) is 5.50. The second-order valence-electron chi connectivity index (χ2n) is 3.29. The number of aliphatic hydroxyl groups excluding tert-OH is 1. The minimum atomic E-state index is -0.208. The standard InChI is InChI=1S/C12H12BrNO2/c1-8(15)12(9(2)16)7-14-11-5-3-10(13)4-6-11/h3-7,15H,1-2H3/b12-8-,14-7?. The molecule has 1 rings (SSSR count). The molecule has 4 heteroatoms. The van der Waals surface area contributed by atoms with Gasteiger partial charge >= 0.3 is 0 Å². The summed E-state index contributed by atoms with van der Waals surface area (Å²) in [6, 6.07) is 7.33. The van der Waals surface area contributed by atoms with Crippen molar-refractivity contribution in [1.82, 2.24) is 0 Å². The fourth-order valence-corrected chi connectivity index (χ4v) is 1.37. The van der Waals surface area contributed by atoms with Crippen molar-refractivity contribution >= 4 is 33.6 Å². The number of hydrogen-bond donors (Lipinski definition) is 1. The summed E-state index contributed by atoms with van der Waals surface area (Å²) < 4.78 is 0.965. The lowest BCUT2D eigenvalue weighted by Gasteiger charge is -1.98. The highest BCUT2D eigenvalue weighted by Gasteiger charge is 2.04. The maximum Gasteiger partial charge on any atom is 0.164 e. The summed E-state index contributed by atoms with van der Waals surface area (Å²) in [6.07, 6.45) is 1.38. The van der Waals surface area contributed by atoms with Crippen LogP contribution in [0.2, 0.25) is 0 Å². The monoisotopic (exact) mass is 281 g/mol. The van der Waals surface area contributed by atoms with Crippen LogP contribution in [0.5, 0.6) is 0 Å². The van der Waals surface area contributed by atoms with Gasteiger partial charge < -0.3 is 5.11 Å². The largest absolute Gasteiger partial charge is 0.512 e. The molecule has 0 amide bonds. The molecule has 0 spiro atoms. The lowest BCUT2D eigenvalue weighted by atomic mass is 10.2. The fraction of sp³-hybridized carbons (Fsp3) is 0.167. The van der Waals surface area contributed by atoms with Gasteiger partial charge in [-0.05, 0) is 38.1 Å². The number of aliphatic hydroxyl groups is 1. The van der Waals surface area contributed by atoms with E-state index in [0.717, 1.165) is 10.2 Å². The van der Waals surface area contributed by atoms with Gasteiger partial charge in [0.15, 0.2) is 5.78 Å². The average molecular weight is 282 g/mol. The van der Waals surface area contributed by atoms with Gasteiger partial charge in [0.1, 0.15) is 5.76 Å². The Morgan fingerprint density at radius 1 is 1.31 bits per heavy atom. The van der Waals surface area contributed by atoms with Crippen LogP contribution in [0, 0.1) is 0 Å². The summed E-state index contributed by atoms with van der Waals surface area (Å²) in [7, 11) is 0. The molecule has 0 aliphatic carbocycles. The van der Waals surface area contributed by atoms with Crippen LogP contribution < -0.4 is 0 Å². The molecule has 1 N–H and O–H groups in total. The van der Waals surface area contributed by atoms with Crippen molar-refractivity contribution in [3.63, 3.8) is 0 Å². The average Bonchev–Trinajstić information content (AvgIpc) is 2.20. The van der Waals surface area contributed by atoms with E-state index in [1.54, 1.807) is 0 Å². The molecular formula is C12H12BrNO2. The molecule has 0 aromatic heterocycles. The third kappa shape index (κ3) is 3.62. The topological polar surface area (TPSA) is 49.7 Å². The van der Waals surface area contributed by atoms with E-state index in [2.05, 4.69) is 20.9 Å². The number of nitrogens with zero attached hydrogens (tertiary/aromatic N) is 1. The number of halogens is 1. The molecule has 0 bridgehead atoms. The van der Waals surface area contributed by atoms with Crippen LogP contribution in [0.15, 0.2) is 45.1 Å². The zero-order valence-electron chi connectivity index (χ0n) is 9.07. The maximum absolute atomic E-state index is 11.1. The Bertz CT molecular complexity index is 443. The Kier molecular flexibility index (Phi) is 4.43. The molecule has 1 aromatic rings. The van der Waals surface area contributed by atoms with Crippen molar-refractivity contribution in [1.29, 1.82) is 0 Å². The van der Waals surface area contributed by atoms with Gasteiger partial charge in [0, 0.05) is 10.7 Å². The summed E-state index contributed by atoms with van der Waals surface area (Å²) >= 11 is 3.32. The van der Waals surface area contributed by atoms with Crippen LogP contribution in [0.1, 0.15) is 13.8 Å². The Balaban J connectivity index is 2.92. The third-order valence-electron chi connectivity index (χ3n) is 1.94. The number of hydrogen-bond acceptors (Lipinski definition) is 3. The van der Waals surface area contributed by atoms with Gasteiger partial charge in [-0.25, -0.2) is 0 Å². The van der Waals surface area contributed by atoms with Crippen molar-refractivity contribution in [2.24, 2.45) is 4.99 Å². The maximum atomic E-state index is 11.1. The smallest absolute Gasteiger partial charge is 0.164 e. The minimum Gasteiger partial charge on any atom is -0.512 e. The summed E-state index contributed by atoms with van der Waals surface area (Å²) in [5, 5.41) is 9.26. The highest BCUT2D eigenvalue weighted by Crippen LogP contribution is 2.16. The van der Waals surface area contributed by atoms with Gasteiger partial charge in [-0.2, -0.15) is 0 Å². The number of allylic oxidation sites excluding steroid dienone is 2. The third-order valence-corrected chi connectivity index (χ3v) is 2.47. The predicted octanol–water partition coefficient (Wildman–Crippen LogP) is 3.57. The van der Waals surface area contributed by atoms with Gasteiger partial charge in [-0.1, -0.05) is 15.9 Å². The van der Waals surface area contributed by atoms with E-state index in [1.807, 2.05) is 24.3 Å². The van der Waals surface area contributed by atoms with E-state index in [9.17, 15) is 9.90 Å². The van der Waals surface area contributed by atoms with Crippen molar-refractivity contribution in [3.05, 3.63) is 40.1 Å². The zero-order chi connectivity index (χ0) is 12.1. The molecule has 1 aromatic carbocycles. The van der Waals surface area contributed by atoms with Crippen LogP contribution in [0.3, 0.4) is 0 Å². The van der Waals surface area contributed by atoms with Gasteiger partial charge in [0.05, 0.1) is 11.3 Å². The fourth-order valence-electron chi connectivity index (χ4n) is 1.11. The van der Waals surface area contributed by atoms with E-state index in [1.165, 1.54) is 20.1 Å². The highest BCUT2D eigenvalue weighted by atomic mass is 79.9. The van der Waals surface area contributed by atoms with Crippen molar-refractivity contribution in [2.75, 3.05) is 0 Å². The summed E-state index contributed by atoms with van der Waals surface area (Å²) in [5.74, 6) is -0.228. The molecule has 0 fully saturated rings. The number of benzene rings is 1. The highest BCUT2D eigenvalue weighted by molar-refractivity contribution is 9.10. The van der Waals surface area contributed by atoms with Gasteiger partial charge in [-0.15, -0.1) is 0 Å². The molecule has 16 heavy (non-hydrogen) atoms. The van der Waals surface area contributed by atoms with Crippen molar-refractivity contribution < 1.29 is 9.90 Å². The van der Waals surface area contributed by atoms with Crippen LogP contribution in [0.25, 0.3) is 0 Å². The lowest BCUT2D eigenvalue weighted by molar-refractivity contribution is -0.113. The summed E-state index contributed by atoms with van der Waals surface area (Å²) in [5.41, 5.74) is 0.950. The first kappa shape index (κ1) is 12.6. The second kappa shape index (κ2) is 5.61. The molecule has 3 nitrogen and oxygen atoms in total. The molecule has 0 aliphatic rings. The number of ketones is 1. The van der Waals surface area contributed by atoms with Crippen LogP contribution >= 0.6 is 15.9 Å². The van der Waals surface area contributed by atoms with Gasteiger partial charge in [-0.3, -0.25) is 9.79 Å². The van der Waals surface area contributed by atoms with E-state index in [0.29, 0.717) is 0 Å². The van der Waals surface area contributed by atoms with Crippen LogP contribution in [0.4, 0.5) is 5.69 Å². The Hall–Kier alpha value is -1.42. The van der Waals surface area contributed by atoms with Crippen molar-refractivity contribution in [2.45, 2.75) is 13.8 Å². The van der Waals surface area contributed by atoms with Gasteiger partial charge in [0.25, 0.3) is 0 Å². The quantitative estimate of drug-likeness (QED) is 0.523. The lowest BCUT2D eigenvalue weighted by Crippen LogP contribution is -2.01. The Labute approximate surface area is 103 Å². The SMILES string of the molecule is CC(=O)/C(C=Nc1ccc(Br)cc1)=C(/C)O. The molecule has 0 radical (unpaired) electrons. The molecule has 0 saturated carbocycles. The molecule has 84 valence electrons. The zero-order valence-corrected chi connectivity index (χ0v) is 10.7. The van der Waals surface area contributed by atoms with Crippen molar-refractivity contribution in [3.8, 4) is 0 Å². The number of carbonyl (C=O) groups excluding carboxylic acids is 1. The summed E-state index contributed by atoms with van der Waals surface area (Å²) in [6.45, 7) is 2.85. The van der Waals surface area contributed by atoms with Crippen LogP contribution in [-0.2, 0) is 4.79 Å². The number of Topliss-reactive ketones (excluding diaryl/α,β-unsaturated/α-hetero) is 1. The molecule has 0 unspecified atom stereocenters. The van der Waals surface area contributed by atoms with E-state index < -0.39 is 0 Å². The van der Waals surface area contributed by atoms with E-state index >= 15 is 0 Å². The number of aliphatic imine (C=N–C) groups is 1. The first-order valence-electron chi connectivity index (χ1n) is 4.71. The molecular weight excluding hydrogens is 270 g/mol. The molecule has 0 aliphatic heterocycles. The first-order chi connectivity index (χ1) is 7.50. The molecule has 0 saturated heterocycles. The predicted molar refractivity (Wildman–Crippen MR) is 68.3 cm³/mol. The van der Waals surface area contributed by atoms with E-state index in [-0.39, 0.29) is 17.1 Å². The molecule has 0 atom stereocenters. The Morgan fingerprint density at radius 3 is 2.31 bits per heavy atom. The second-order valence-corrected chi connectivity index (χ2v) is 4.21. The normalized spacial score (nSPS) is 12.7. The summed E-state index contributed by atoms with van der Waals surface area (Å²) in [4.78, 5) is 15.2. The number of rotatable bonds is 3. The minimum absolute atomic E-state index is 0.0200. The van der Waals surface area contributed by atoms with Crippen LogP contribution in [-0.4, -0.2) is 17.1 Å². The van der Waals surface area contributed by atoms with Gasteiger partial charge in [0.2, 0.25) is 0 Å². The van der Waals surface area contributed by atoms with E-state index in [4.69, 9.17) is 0 Å². The molecule has 0 heterocycles. The number of carbonyl (C=O) groups is 1.